The van der Waals surface area contributed by atoms with Crippen LogP contribution in [0.1, 0.15) is 29.0 Å². The molecule has 0 spiro atoms. The first kappa shape index (κ1) is 16.4. The molecule has 1 aromatic heterocycles. The van der Waals surface area contributed by atoms with E-state index < -0.39 is 0 Å². The van der Waals surface area contributed by atoms with E-state index in [1.54, 1.807) is 19.2 Å². The Morgan fingerprint density at radius 2 is 2.04 bits per heavy atom. The van der Waals surface area contributed by atoms with Gasteiger partial charge in [0.1, 0.15) is 11.6 Å². The molecule has 0 bridgehead atoms. The molecule has 0 aliphatic carbocycles. The lowest BCUT2D eigenvalue weighted by molar-refractivity contribution is 0.102. The van der Waals surface area contributed by atoms with E-state index in [-0.39, 0.29) is 5.91 Å². The summed E-state index contributed by atoms with van der Waals surface area (Å²) < 4.78 is 7.42. The van der Waals surface area contributed by atoms with Crippen molar-refractivity contribution >= 4 is 11.6 Å². The Morgan fingerprint density at radius 1 is 1.15 bits per heavy atom. The number of amides is 1. The van der Waals surface area contributed by atoms with E-state index in [9.17, 15) is 4.79 Å². The molecule has 1 aliphatic rings. The van der Waals surface area contributed by atoms with Gasteiger partial charge in [-0.3, -0.25) is 4.79 Å². The Morgan fingerprint density at radius 3 is 2.88 bits per heavy atom. The van der Waals surface area contributed by atoms with Crippen LogP contribution in [0.25, 0.3) is 11.3 Å². The number of carbonyl (C=O) groups excluding carboxylic acids is 1. The van der Waals surface area contributed by atoms with Gasteiger partial charge in [0.2, 0.25) is 0 Å². The number of ether oxygens (including phenoxy) is 1. The summed E-state index contributed by atoms with van der Waals surface area (Å²) in [7, 11) is 1.59. The normalized spacial score (nSPS) is 13.1. The summed E-state index contributed by atoms with van der Waals surface area (Å²) in [4.78, 5) is 17.4. The third kappa shape index (κ3) is 3.20. The Labute approximate surface area is 152 Å². The van der Waals surface area contributed by atoms with Gasteiger partial charge >= 0.3 is 0 Å². The Hall–Kier alpha value is -3.08. The first-order chi connectivity index (χ1) is 12.7. The second-order valence-electron chi connectivity index (χ2n) is 6.42. The van der Waals surface area contributed by atoms with Crippen molar-refractivity contribution in [1.82, 2.24) is 9.55 Å². The highest BCUT2D eigenvalue weighted by Crippen LogP contribution is 2.29. The van der Waals surface area contributed by atoms with Crippen molar-refractivity contribution in [3.05, 3.63) is 66.1 Å². The molecule has 5 nitrogen and oxygen atoms in total. The number of nitrogens with one attached hydrogen (secondary N) is 1. The number of aryl methyl sites for hydroxylation is 2. The molecule has 1 amide bonds. The number of para-hydroxylation sites is 1. The molecule has 3 aromatic rings. The van der Waals surface area contributed by atoms with Gasteiger partial charge in [-0.2, -0.15) is 0 Å². The average Bonchev–Trinajstić information content (AvgIpc) is 3.12. The van der Waals surface area contributed by atoms with Crippen LogP contribution < -0.4 is 10.1 Å². The molecule has 0 unspecified atom stereocenters. The zero-order valence-corrected chi connectivity index (χ0v) is 14.7. The summed E-state index contributed by atoms with van der Waals surface area (Å²) in [5, 5.41) is 3.01. The number of aromatic nitrogens is 2. The lowest BCUT2D eigenvalue weighted by Gasteiger charge is -2.11. The highest BCUT2D eigenvalue weighted by atomic mass is 16.5. The summed E-state index contributed by atoms with van der Waals surface area (Å²) in [6, 6.07) is 14.9. The molecule has 0 saturated heterocycles. The minimum absolute atomic E-state index is 0.166. The first-order valence-corrected chi connectivity index (χ1v) is 8.85. The van der Waals surface area contributed by atoms with Gasteiger partial charge in [-0.1, -0.05) is 24.3 Å². The van der Waals surface area contributed by atoms with Crippen LogP contribution in [0.2, 0.25) is 0 Å². The number of benzene rings is 2. The standard InChI is InChI=1S/C21H21N3O2/c1-26-16-8-6-7-15(13-16)21(25)23-18-10-3-2-9-17(18)19-14-24-12-5-4-11-20(24)22-19/h2-3,6-10,13-14H,4-5,11-12H2,1H3,(H,23,25). The summed E-state index contributed by atoms with van der Waals surface area (Å²) >= 11 is 0. The number of carbonyl (C=O) groups is 1. The fourth-order valence-corrected chi connectivity index (χ4v) is 3.32. The second-order valence-corrected chi connectivity index (χ2v) is 6.42. The number of anilines is 1. The van der Waals surface area contributed by atoms with Crippen LogP contribution in [-0.2, 0) is 13.0 Å². The minimum atomic E-state index is -0.166. The fourth-order valence-electron chi connectivity index (χ4n) is 3.32. The Balaban J connectivity index is 1.63. The van der Waals surface area contributed by atoms with Crippen molar-refractivity contribution in [2.24, 2.45) is 0 Å². The molecule has 0 fully saturated rings. The van der Waals surface area contributed by atoms with E-state index in [1.165, 1.54) is 12.8 Å². The van der Waals surface area contributed by atoms with Crippen molar-refractivity contribution < 1.29 is 9.53 Å². The van der Waals surface area contributed by atoms with Crippen molar-refractivity contribution in [2.45, 2.75) is 25.8 Å². The molecule has 5 heteroatoms. The van der Waals surface area contributed by atoms with Crippen LogP contribution in [0.5, 0.6) is 5.75 Å². The molecule has 26 heavy (non-hydrogen) atoms. The van der Waals surface area contributed by atoms with Gasteiger partial charge in [-0.15, -0.1) is 0 Å². The predicted octanol–water partition coefficient (Wildman–Crippen LogP) is 4.15. The number of hydrogen-bond acceptors (Lipinski definition) is 3. The molecule has 0 radical (unpaired) electrons. The molecule has 0 atom stereocenters. The molecule has 1 aliphatic heterocycles. The van der Waals surface area contributed by atoms with Crippen LogP contribution in [0.15, 0.2) is 54.7 Å². The zero-order valence-electron chi connectivity index (χ0n) is 14.7. The second kappa shape index (κ2) is 7.04. The third-order valence-electron chi connectivity index (χ3n) is 4.69. The maximum Gasteiger partial charge on any atom is 0.255 e. The SMILES string of the molecule is COc1cccc(C(=O)Nc2ccccc2-c2cn3c(n2)CCCC3)c1. The number of rotatable bonds is 4. The molecular formula is C21H21N3O2. The smallest absolute Gasteiger partial charge is 0.255 e. The van der Waals surface area contributed by atoms with Gasteiger partial charge in [-0.25, -0.2) is 4.98 Å². The van der Waals surface area contributed by atoms with Crippen LogP contribution in [0.3, 0.4) is 0 Å². The van der Waals surface area contributed by atoms with Gasteiger partial charge in [-0.05, 0) is 37.1 Å². The van der Waals surface area contributed by atoms with Gasteiger partial charge in [0, 0.05) is 30.3 Å². The van der Waals surface area contributed by atoms with Gasteiger partial charge in [0.25, 0.3) is 5.91 Å². The van der Waals surface area contributed by atoms with Crippen LogP contribution in [-0.4, -0.2) is 22.6 Å². The summed E-state index contributed by atoms with van der Waals surface area (Å²) in [6.45, 7) is 1.01. The summed E-state index contributed by atoms with van der Waals surface area (Å²) in [5.74, 6) is 1.62. The molecule has 132 valence electrons. The van der Waals surface area contributed by atoms with Gasteiger partial charge < -0.3 is 14.6 Å². The van der Waals surface area contributed by atoms with Gasteiger partial charge in [0.15, 0.2) is 0 Å². The molecule has 4 rings (SSSR count). The average molecular weight is 347 g/mol. The third-order valence-corrected chi connectivity index (χ3v) is 4.69. The zero-order chi connectivity index (χ0) is 17.9. The number of fused-ring (bicyclic) bond motifs is 1. The van der Waals surface area contributed by atoms with E-state index in [1.807, 2.05) is 36.4 Å². The largest absolute Gasteiger partial charge is 0.497 e. The van der Waals surface area contributed by atoms with Crippen LogP contribution in [0, 0.1) is 0 Å². The van der Waals surface area contributed by atoms with Crippen molar-refractivity contribution in [2.75, 3.05) is 12.4 Å². The maximum absolute atomic E-state index is 12.7. The Kier molecular flexibility index (Phi) is 4.44. The molecule has 2 heterocycles. The fraction of sp³-hybridized carbons (Fsp3) is 0.238. The molecule has 0 saturated carbocycles. The number of hydrogen-bond donors (Lipinski definition) is 1. The molecular weight excluding hydrogens is 326 g/mol. The Bertz CT molecular complexity index is 922. The van der Waals surface area contributed by atoms with Crippen molar-refractivity contribution in [3.8, 4) is 17.0 Å². The van der Waals surface area contributed by atoms with Crippen molar-refractivity contribution in [1.29, 1.82) is 0 Å². The van der Waals surface area contributed by atoms with Gasteiger partial charge in [0.05, 0.1) is 18.5 Å². The number of imidazole rings is 1. The lowest BCUT2D eigenvalue weighted by Crippen LogP contribution is -2.12. The minimum Gasteiger partial charge on any atom is -0.497 e. The van der Waals surface area contributed by atoms with Crippen LogP contribution >= 0.6 is 0 Å². The quantitative estimate of drug-likeness (QED) is 0.771. The monoisotopic (exact) mass is 347 g/mol. The van der Waals surface area contributed by atoms with E-state index in [0.717, 1.165) is 35.7 Å². The van der Waals surface area contributed by atoms with E-state index in [2.05, 4.69) is 16.1 Å². The first-order valence-electron chi connectivity index (χ1n) is 8.85. The number of methoxy groups -OCH3 is 1. The van der Waals surface area contributed by atoms with Crippen molar-refractivity contribution in [3.63, 3.8) is 0 Å². The molecule has 2 aromatic carbocycles. The van der Waals surface area contributed by atoms with E-state index in [0.29, 0.717) is 11.3 Å². The maximum atomic E-state index is 12.7. The lowest BCUT2D eigenvalue weighted by atomic mass is 10.1. The topological polar surface area (TPSA) is 56.1 Å². The summed E-state index contributed by atoms with van der Waals surface area (Å²) in [5.41, 5.74) is 3.16. The summed E-state index contributed by atoms with van der Waals surface area (Å²) in [6.07, 6.45) is 5.48. The van der Waals surface area contributed by atoms with Crippen LogP contribution in [0.4, 0.5) is 5.69 Å². The molecule has 1 N–H and O–H groups in total. The predicted molar refractivity (Wildman–Crippen MR) is 102 cm³/mol. The number of nitrogens with zero attached hydrogens (tertiary/aromatic N) is 2. The highest BCUT2D eigenvalue weighted by molar-refractivity contribution is 6.06. The highest BCUT2D eigenvalue weighted by Gasteiger charge is 2.16. The van der Waals surface area contributed by atoms with E-state index in [4.69, 9.17) is 9.72 Å². The van der Waals surface area contributed by atoms with E-state index >= 15 is 0 Å².